The topological polar surface area (TPSA) is 37.8 Å². The lowest BCUT2D eigenvalue weighted by Crippen LogP contribution is -2.34. The van der Waals surface area contributed by atoms with Crippen molar-refractivity contribution in [3.05, 3.63) is 5.01 Å². The molecule has 2 unspecified atom stereocenters. The predicted octanol–water partition coefficient (Wildman–Crippen LogP) is 3.63. The van der Waals surface area contributed by atoms with E-state index in [1.165, 1.54) is 11.3 Å². The summed E-state index contributed by atoms with van der Waals surface area (Å²) in [6, 6.07) is -0.136. The molecule has 0 spiro atoms. The van der Waals surface area contributed by atoms with Gasteiger partial charge in [0.15, 0.2) is 0 Å². The third-order valence-corrected chi connectivity index (χ3v) is 4.23. The Bertz CT molecular complexity index is 391. The van der Waals surface area contributed by atoms with E-state index in [-0.39, 0.29) is 18.9 Å². The summed E-state index contributed by atoms with van der Waals surface area (Å²) in [7, 11) is 0. The fraction of sp³-hybridized carbons (Fsp3) is 0.818. The largest absolute Gasteiger partial charge is 0.391 e. The van der Waals surface area contributed by atoms with Crippen LogP contribution < -0.4 is 5.32 Å². The van der Waals surface area contributed by atoms with Crippen molar-refractivity contribution in [3.63, 3.8) is 0 Å². The lowest BCUT2D eigenvalue weighted by molar-refractivity contribution is -0.182. The summed E-state index contributed by atoms with van der Waals surface area (Å²) in [5.41, 5.74) is 0. The fourth-order valence-electron chi connectivity index (χ4n) is 2.25. The number of anilines is 1. The summed E-state index contributed by atoms with van der Waals surface area (Å²) in [4.78, 5) is 0. The Labute approximate surface area is 108 Å². The molecule has 0 aliphatic heterocycles. The van der Waals surface area contributed by atoms with E-state index in [1.807, 2.05) is 6.92 Å². The maximum atomic E-state index is 12.7. The van der Waals surface area contributed by atoms with Gasteiger partial charge >= 0.3 is 6.18 Å². The van der Waals surface area contributed by atoms with Crippen molar-refractivity contribution in [2.24, 2.45) is 5.92 Å². The second-order valence-corrected chi connectivity index (χ2v) is 5.66. The molecule has 102 valence electrons. The third kappa shape index (κ3) is 3.34. The van der Waals surface area contributed by atoms with Gasteiger partial charge in [-0.1, -0.05) is 24.7 Å². The van der Waals surface area contributed by atoms with E-state index in [4.69, 9.17) is 0 Å². The van der Waals surface area contributed by atoms with E-state index in [2.05, 4.69) is 15.5 Å². The number of hydrogen-bond donors (Lipinski definition) is 1. The van der Waals surface area contributed by atoms with Gasteiger partial charge in [-0.05, 0) is 25.7 Å². The van der Waals surface area contributed by atoms with Crippen LogP contribution in [0.15, 0.2) is 0 Å². The van der Waals surface area contributed by atoms with Crippen LogP contribution in [0.25, 0.3) is 0 Å². The van der Waals surface area contributed by atoms with Crippen LogP contribution >= 0.6 is 11.3 Å². The van der Waals surface area contributed by atoms with Gasteiger partial charge in [0.2, 0.25) is 5.13 Å². The Morgan fingerprint density at radius 3 is 2.72 bits per heavy atom. The Balaban J connectivity index is 1.93. The predicted molar refractivity (Wildman–Crippen MR) is 64.7 cm³/mol. The van der Waals surface area contributed by atoms with Gasteiger partial charge in [-0.25, -0.2) is 0 Å². The first-order valence-electron chi connectivity index (χ1n) is 6.14. The van der Waals surface area contributed by atoms with E-state index in [1.54, 1.807) is 0 Å². The minimum atomic E-state index is -4.07. The summed E-state index contributed by atoms with van der Waals surface area (Å²) in [6.45, 7) is 1.98. The molecule has 1 aliphatic rings. The molecule has 1 aliphatic carbocycles. The van der Waals surface area contributed by atoms with Gasteiger partial charge in [0.05, 0.1) is 5.92 Å². The molecular formula is C11H16F3N3S. The fourth-order valence-corrected chi connectivity index (χ4v) is 3.00. The van der Waals surface area contributed by atoms with Gasteiger partial charge in [-0.15, -0.1) is 10.2 Å². The lowest BCUT2D eigenvalue weighted by atomic mass is 9.85. The van der Waals surface area contributed by atoms with Crippen molar-refractivity contribution in [1.29, 1.82) is 0 Å². The van der Waals surface area contributed by atoms with Crippen molar-refractivity contribution in [1.82, 2.24) is 10.2 Å². The smallest absolute Gasteiger partial charge is 0.357 e. The van der Waals surface area contributed by atoms with Crippen LogP contribution in [-0.4, -0.2) is 22.4 Å². The highest BCUT2D eigenvalue weighted by Gasteiger charge is 2.42. The number of rotatable bonds is 3. The number of halogens is 3. The average Bonchev–Trinajstić information content (AvgIpc) is 2.76. The molecule has 2 rings (SSSR count). The van der Waals surface area contributed by atoms with Crippen molar-refractivity contribution in [2.45, 2.75) is 51.2 Å². The molecule has 0 amide bonds. The zero-order chi connectivity index (χ0) is 13.2. The van der Waals surface area contributed by atoms with Crippen LogP contribution in [0.1, 0.15) is 37.6 Å². The Morgan fingerprint density at radius 2 is 2.11 bits per heavy atom. The van der Waals surface area contributed by atoms with Gasteiger partial charge < -0.3 is 5.32 Å². The van der Waals surface area contributed by atoms with Crippen LogP contribution in [-0.2, 0) is 6.42 Å². The highest BCUT2D eigenvalue weighted by molar-refractivity contribution is 7.15. The molecule has 1 aromatic heterocycles. The van der Waals surface area contributed by atoms with Gasteiger partial charge in [0.25, 0.3) is 0 Å². The minimum absolute atomic E-state index is 0.136. The molecule has 7 heteroatoms. The first-order chi connectivity index (χ1) is 8.49. The number of aromatic nitrogens is 2. The number of alkyl halides is 3. The molecule has 18 heavy (non-hydrogen) atoms. The van der Waals surface area contributed by atoms with E-state index in [0.29, 0.717) is 11.6 Å². The van der Waals surface area contributed by atoms with Crippen molar-refractivity contribution in [3.8, 4) is 0 Å². The quantitative estimate of drug-likeness (QED) is 0.918. The van der Waals surface area contributed by atoms with E-state index in [9.17, 15) is 13.2 Å². The molecule has 1 fully saturated rings. The maximum Gasteiger partial charge on any atom is 0.391 e. The SMILES string of the molecule is CCc1nnc(NC2CCCC(C(F)(F)F)C2)s1. The van der Waals surface area contributed by atoms with Crippen LogP contribution in [0.3, 0.4) is 0 Å². The standard InChI is InChI=1S/C11H16F3N3S/c1-2-9-16-17-10(18-9)15-8-5-3-4-7(6-8)11(12,13)14/h7-8H,2-6H2,1H3,(H,15,17). The summed E-state index contributed by atoms with van der Waals surface area (Å²) in [5, 5.41) is 12.5. The summed E-state index contributed by atoms with van der Waals surface area (Å²) in [6.07, 6.45) is -1.50. The molecule has 1 N–H and O–H groups in total. The van der Waals surface area contributed by atoms with Crippen molar-refractivity contribution < 1.29 is 13.2 Å². The molecule has 0 aromatic carbocycles. The Hall–Kier alpha value is -0.850. The van der Waals surface area contributed by atoms with Gasteiger partial charge in [0.1, 0.15) is 5.01 Å². The molecule has 0 radical (unpaired) electrons. The van der Waals surface area contributed by atoms with E-state index in [0.717, 1.165) is 17.8 Å². The van der Waals surface area contributed by atoms with Crippen LogP contribution in [0, 0.1) is 5.92 Å². The summed E-state index contributed by atoms with van der Waals surface area (Å²) >= 11 is 1.42. The second kappa shape index (κ2) is 5.42. The molecule has 1 heterocycles. The molecule has 3 nitrogen and oxygen atoms in total. The molecule has 0 bridgehead atoms. The van der Waals surface area contributed by atoms with Crippen molar-refractivity contribution in [2.75, 3.05) is 5.32 Å². The zero-order valence-electron chi connectivity index (χ0n) is 10.1. The highest BCUT2D eigenvalue weighted by Crippen LogP contribution is 2.38. The van der Waals surface area contributed by atoms with Crippen LogP contribution in [0.4, 0.5) is 18.3 Å². The van der Waals surface area contributed by atoms with Gasteiger partial charge in [-0.2, -0.15) is 13.2 Å². The maximum absolute atomic E-state index is 12.7. The summed E-state index contributed by atoms with van der Waals surface area (Å²) in [5.74, 6) is -1.18. The average molecular weight is 279 g/mol. The molecule has 2 atom stereocenters. The van der Waals surface area contributed by atoms with Crippen LogP contribution in [0.2, 0.25) is 0 Å². The number of nitrogens with zero attached hydrogens (tertiary/aromatic N) is 2. The lowest BCUT2D eigenvalue weighted by Gasteiger charge is -2.30. The van der Waals surface area contributed by atoms with Gasteiger partial charge in [0, 0.05) is 6.04 Å². The Kier molecular flexibility index (Phi) is 4.09. The summed E-state index contributed by atoms with van der Waals surface area (Å²) < 4.78 is 38.0. The number of nitrogens with one attached hydrogen (secondary N) is 1. The molecular weight excluding hydrogens is 263 g/mol. The monoisotopic (exact) mass is 279 g/mol. The van der Waals surface area contributed by atoms with E-state index < -0.39 is 12.1 Å². The minimum Gasteiger partial charge on any atom is -0.357 e. The van der Waals surface area contributed by atoms with Crippen LogP contribution in [0.5, 0.6) is 0 Å². The zero-order valence-corrected chi connectivity index (χ0v) is 10.9. The highest BCUT2D eigenvalue weighted by atomic mass is 32.1. The Morgan fingerprint density at radius 1 is 1.33 bits per heavy atom. The molecule has 1 saturated carbocycles. The first kappa shape index (κ1) is 13.6. The number of aryl methyl sites for hydroxylation is 1. The second-order valence-electron chi connectivity index (χ2n) is 4.60. The number of hydrogen-bond acceptors (Lipinski definition) is 4. The first-order valence-corrected chi connectivity index (χ1v) is 6.96. The molecule has 1 aromatic rings. The molecule has 0 saturated heterocycles. The van der Waals surface area contributed by atoms with Crippen molar-refractivity contribution >= 4 is 16.5 Å². The van der Waals surface area contributed by atoms with E-state index >= 15 is 0 Å². The third-order valence-electron chi connectivity index (χ3n) is 3.23. The normalized spacial score (nSPS) is 25.1. The van der Waals surface area contributed by atoms with Gasteiger partial charge in [-0.3, -0.25) is 0 Å².